The summed E-state index contributed by atoms with van der Waals surface area (Å²) in [6.45, 7) is 0. The van der Waals surface area contributed by atoms with E-state index >= 15 is 0 Å². The van der Waals surface area contributed by atoms with Gasteiger partial charge in [-0.3, -0.25) is 0 Å². The smallest absolute Gasteiger partial charge is 0.0368 e. The van der Waals surface area contributed by atoms with E-state index in [1.165, 1.54) is 35.9 Å². The molecule has 3 aliphatic rings. The summed E-state index contributed by atoms with van der Waals surface area (Å²) in [5.74, 6) is 5.31. The maximum Gasteiger partial charge on any atom is 0.0368 e. The summed E-state index contributed by atoms with van der Waals surface area (Å²) < 4.78 is 0. The van der Waals surface area contributed by atoms with Crippen molar-refractivity contribution in [1.82, 2.24) is 0 Å². The van der Waals surface area contributed by atoms with Crippen molar-refractivity contribution >= 4 is 47.0 Å². The van der Waals surface area contributed by atoms with Gasteiger partial charge in [-0.05, 0) is 35.9 Å². The lowest BCUT2D eigenvalue weighted by atomic mass is 10.3. The van der Waals surface area contributed by atoms with E-state index in [0.29, 0.717) is 0 Å². The normalized spacial score (nSPS) is 27.4. The van der Waals surface area contributed by atoms with Gasteiger partial charge in [-0.25, -0.2) is 0 Å². The van der Waals surface area contributed by atoms with Crippen LogP contribution in [0.25, 0.3) is 0 Å². The highest BCUT2D eigenvalue weighted by Gasteiger charge is 2.32. The minimum Gasteiger partial charge on any atom is -0.124 e. The largest absolute Gasteiger partial charge is 0.124 e. The van der Waals surface area contributed by atoms with Crippen molar-refractivity contribution in [2.45, 2.75) is 12.8 Å². The molecule has 0 atom stereocenters. The molecule has 0 bridgehead atoms. The zero-order valence-corrected chi connectivity index (χ0v) is 11.1. The molecule has 0 saturated carbocycles. The topological polar surface area (TPSA) is 0 Å². The van der Waals surface area contributed by atoms with Gasteiger partial charge in [0.15, 0.2) is 0 Å². The van der Waals surface area contributed by atoms with Crippen LogP contribution in [0.5, 0.6) is 0 Å². The zero-order valence-electron chi connectivity index (χ0n) is 7.88. The van der Waals surface area contributed by atoms with E-state index in [1.54, 1.807) is 19.6 Å². The summed E-state index contributed by atoms with van der Waals surface area (Å²) in [5, 5.41) is 0. The van der Waals surface area contributed by atoms with Crippen LogP contribution < -0.4 is 0 Å². The van der Waals surface area contributed by atoms with Crippen molar-refractivity contribution < 1.29 is 0 Å². The fourth-order valence-corrected chi connectivity index (χ4v) is 7.56. The number of hydrogen-bond donors (Lipinski definition) is 0. The Morgan fingerprint density at radius 1 is 0.500 bits per heavy atom. The Labute approximate surface area is 102 Å². The Morgan fingerprint density at radius 2 is 0.786 bits per heavy atom. The van der Waals surface area contributed by atoms with Gasteiger partial charge in [0.1, 0.15) is 0 Å². The number of hydrogen-bond acceptors (Lipinski definition) is 4. The van der Waals surface area contributed by atoms with Crippen LogP contribution in [0.4, 0.5) is 0 Å². The van der Waals surface area contributed by atoms with Crippen LogP contribution in [0, 0.1) is 0 Å². The molecular weight excluding hydrogens is 248 g/mol. The van der Waals surface area contributed by atoms with E-state index in [2.05, 4.69) is 47.0 Å². The molecule has 76 valence electrons. The number of thioether (sulfide) groups is 4. The minimum atomic E-state index is 1.33. The first-order chi connectivity index (χ1) is 6.97. The van der Waals surface area contributed by atoms with Gasteiger partial charge in [-0.15, -0.1) is 47.0 Å². The van der Waals surface area contributed by atoms with Crippen LogP contribution in [0.1, 0.15) is 12.8 Å². The van der Waals surface area contributed by atoms with Gasteiger partial charge < -0.3 is 0 Å². The first-order valence-electron chi connectivity index (χ1n) is 4.97. The van der Waals surface area contributed by atoms with Crippen molar-refractivity contribution in [2.24, 2.45) is 0 Å². The number of fused-ring (bicyclic) bond motifs is 2. The average Bonchev–Trinajstić information content (AvgIpc) is 2.49. The van der Waals surface area contributed by atoms with Gasteiger partial charge in [0, 0.05) is 19.6 Å². The Kier molecular flexibility index (Phi) is 3.16. The standard InChI is InChI=1S/C10H12S4/c1-3-11-7-8(12-4-1)10-9(7)13-5-2-6-14-10/h1-6H2. The first-order valence-corrected chi connectivity index (χ1v) is 8.91. The van der Waals surface area contributed by atoms with E-state index in [9.17, 15) is 0 Å². The molecule has 4 heteroatoms. The molecule has 2 heterocycles. The summed E-state index contributed by atoms with van der Waals surface area (Å²) >= 11 is 8.38. The molecule has 2 aliphatic heterocycles. The Bertz CT molecular complexity index is 245. The molecule has 0 nitrogen and oxygen atoms in total. The molecule has 0 saturated heterocycles. The second kappa shape index (κ2) is 4.40. The predicted octanol–water partition coefficient (Wildman–Crippen LogP) is 4.16. The summed E-state index contributed by atoms with van der Waals surface area (Å²) in [7, 11) is 0. The van der Waals surface area contributed by atoms with Gasteiger partial charge in [0.05, 0.1) is 0 Å². The highest BCUT2D eigenvalue weighted by Crippen LogP contribution is 2.58. The molecule has 0 N–H and O–H groups in total. The maximum atomic E-state index is 2.10. The van der Waals surface area contributed by atoms with E-state index in [-0.39, 0.29) is 0 Å². The van der Waals surface area contributed by atoms with E-state index in [0.717, 1.165) is 0 Å². The molecule has 3 rings (SSSR count). The van der Waals surface area contributed by atoms with Gasteiger partial charge in [-0.2, -0.15) is 0 Å². The Hall–Kier alpha value is 0.880. The van der Waals surface area contributed by atoms with E-state index in [4.69, 9.17) is 0 Å². The molecule has 0 radical (unpaired) electrons. The van der Waals surface area contributed by atoms with Crippen LogP contribution in [-0.2, 0) is 0 Å². The summed E-state index contributed by atoms with van der Waals surface area (Å²) in [6, 6.07) is 0. The summed E-state index contributed by atoms with van der Waals surface area (Å²) in [4.78, 5) is 6.56. The van der Waals surface area contributed by atoms with Crippen LogP contribution in [0.3, 0.4) is 0 Å². The average molecular weight is 260 g/mol. The molecule has 0 aromatic carbocycles. The predicted molar refractivity (Wildman–Crippen MR) is 73.1 cm³/mol. The van der Waals surface area contributed by atoms with Crippen molar-refractivity contribution in [1.29, 1.82) is 0 Å². The molecule has 0 amide bonds. The molecule has 0 fully saturated rings. The Morgan fingerprint density at radius 3 is 1.07 bits per heavy atom. The van der Waals surface area contributed by atoms with Crippen LogP contribution in [-0.4, -0.2) is 23.0 Å². The summed E-state index contributed by atoms with van der Waals surface area (Å²) in [5.41, 5.74) is 0. The fourth-order valence-electron chi connectivity index (χ4n) is 1.69. The summed E-state index contributed by atoms with van der Waals surface area (Å²) in [6.07, 6.45) is 2.75. The molecule has 0 aromatic rings. The third-order valence-electron chi connectivity index (χ3n) is 2.39. The van der Waals surface area contributed by atoms with Crippen molar-refractivity contribution in [3.05, 3.63) is 19.6 Å². The molecule has 1 aliphatic carbocycles. The van der Waals surface area contributed by atoms with Gasteiger partial charge in [0.2, 0.25) is 0 Å². The number of rotatable bonds is 0. The lowest BCUT2D eigenvalue weighted by Crippen LogP contribution is -2.02. The zero-order chi connectivity index (χ0) is 9.38. The lowest BCUT2D eigenvalue weighted by Gasteiger charge is -2.26. The monoisotopic (exact) mass is 260 g/mol. The SMILES string of the molecule is C1CSC2=C(SC1)C1=C2SCCCS1. The molecule has 0 spiro atoms. The van der Waals surface area contributed by atoms with Crippen LogP contribution >= 0.6 is 47.0 Å². The Balaban J connectivity index is 1.84. The first kappa shape index (κ1) is 10.1. The maximum absolute atomic E-state index is 2.10. The second-order valence-electron chi connectivity index (χ2n) is 3.42. The lowest BCUT2D eigenvalue weighted by molar-refractivity contribution is 1.13. The highest BCUT2D eigenvalue weighted by atomic mass is 32.2. The fraction of sp³-hybridized carbons (Fsp3) is 0.600. The molecule has 0 aromatic heterocycles. The molecule has 14 heavy (non-hydrogen) atoms. The van der Waals surface area contributed by atoms with Crippen LogP contribution in [0.2, 0.25) is 0 Å². The third kappa shape index (κ3) is 1.68. The van der Waals surface area contributed by atoms with Crippen LogP contribution in [0.15, 0.2) is 19.6 Å². The minimum absolute atomic E-state index is 1.33. The molecule has 0 unspecified atom stereocenters. The van der Waals surface area contributed by atoms with Crippen molar-refractivity contribution in [3.63, 3.8) is 0 Å². The quantitative estimate of drug-likeness (QED) is 0.641. The van der Waals surface area contributed by atoms with Gasteiger partial charge >= 0.3 is 0 Å². The van der Waals surface area contributed by atoms with Crippen molar-refractivity contribution in [3.8, 4) is 0 Å². The highest BCUT2D eigenvalue weighted by molar-refractivity contribution is 8.14. The van der Waals surface area contributed by atoms with Gasteiger partial charge in [0.25, 0.3) is 0 Å². The van der Waals surface area contributed by atoms with E-state index < -0.39 is 0 Å². The molecular formula is C10H12S4. The van der Waals surface area contributed by atoms with E-state index in [1.807, 2.05) is 0 Å². The van der Waals surface area contributed by atoms with Gasteiger partial charge in [-0.1, -0.05) is 0 Å². The second-order valence-corrected chi connectivity index (χ2v) is 7.84. The third-order valence-corrected chi connectivity index (χ3v) is 7.66. The van der Waals surface area contributed by atoms with Crippen molar-refractivity contribution in [2.75, 3.05) is 23.0 Å².